The fourth-order valence-electron chi connectivity index (χ4n) is 8.08. The first-order chi connectivity index (χ1) is 19.6. The number of hydrogen-bond acceptors (Lipinski definition) is 7. The molecule has 4 aliphatic heterocycles. The molecule has 4 heterocycles. The fourth-order valence-corrected chi connectivity index (χ4v) is 8.08. The molecule has 3 unspecified atom stereocenters. The van der Waals surface area contributed by atoms with Gasteiger partial charge in [-0.25, -0.2) is 9.18 Å². The van der Waals surface area contributed by atoms with Crippen molar-refractivity contribution in [3.63, 3.8) is 0 Å². The summed E-state index contributed by atoms with van der Waals surface area (Å²) in [4.78, 5) is 33.0. The number of ether oxygens (including phenoxy) is 2. The van der Waals surface area contributed by atoms with Crippen molar-refractivity contribution in [2.75, 3.05) is 37.7 Å². The average molecular weight is 567 g/mol. The summed E-state index contributed by atoms with van der Waals surface area (Å²) < 4.78 is 26.7. The molecule has 1 aromatic rings. The van der Waals surface area contributed by atoms with Crippen LogP contribution in [-0.4, -0.2) is 84.3 Å². The highest BCUT2D eigenvalue weighted by molar-refractivity contribution is 5.89. The summed E-state index contributed by atoms with van der Waals surface area (Å²) in [6, 6.07) is 7.95. The van der Waals surface area contributed by atoms with Gasteiger partial charge in [-0.2, -0.15) is 5.26 Å². The van der Waals surface area contributed by atoms with Gasteiger partial charge in [0.05, 0.1) is 24.6 Å². The van der Waals surface area contributed by atoms with Crippen LogP contribution in [0.2, 0.25) is 0 Å². The second-order valence-electron chi connectivity index (χ2n) is 13.8. The van der Waals surface area contributed by atoms with Crippen LogP contribution in [0, 0.1) is 34.9 Å². The molecule has 5 aliphatic rings. The number of fused-ring (bicyclic) bond motifs is 3. The van der Waals surface area contributed by atoms with E-state index in [0.29, 0.717) is 23.6 Å². The van der Waals surface area contributed by atoms with Gasteiger partial charge in [-0.15, -0.1) is 0 Å². The van der Waals surface area contributed by atoms with Crippen molar-refractivity contribution < 1.29 is 23.5 Å². The number of carbonyl (C=O) groups excluding carboxylic acids is 2. The average Bonchev–Trinajstić information content (AvgIpc) is 3.73. The summed E-state index contributed by atoms with van der Waals surface area (Å²) in [6.07, 6.45) is 4.49. The Balaban J connectivity index is 1.09. The van der Waals surface area contributed by atoms with E-state index in [2.05, 4.69) is 15.9 Å². The topological polar surface area (TPSA) is 86.1 Å². The third-order valence-electron chi connectivity index (χ3n) is 9.98. The molecule has 9 heteroatoms. The van der Waals surface area contributed by atoms with E-state index < -0.39 is 23.7 Å². The molecular formula is C32H43FN4O4. The van der Waals surface area contributed by atoms with Crippen LogP contribution in [0.1, 0.15) is 64.9 Å². The minimum absolute atomic E-state index is 0.00146. The number of nitriles is 1. The predicted octanol–water partition coefficient (Wildman–Crippen LogP) is 4.55. The molecule has 0 N–H and O–H groups in total. The number of hydrogen-bond donors (Lipinski definition) is 0. The summed E-state index contributed by atoms with van der Waals surface area (Å²) >= 11 is 0. The van der Waals surface area contributed by atoms with E-state index in [9.17, 15) is 14.9 Å². The van der Waals surface area contributed by atoms with E-state index in [4.69, 9.17) is 9.47 Å². The number of piperidine rings is 1. The van der Waals surface area contributed by atoms with Crippen LogP contribution in [0.5, 0.6) is 0 Å². The SMILES string of the molecule is CC(C)(C)OC(=O)N1[C@@H]2CC[C@@H](C2)[C@H]1C(=O)C[C@H](C#N)Cc1ccc(N2CCC3CN(C4CCOC4)CC32)cc1F. The Morgan fingerprint density at radius 3 is 2.68 bits per heavy atom. The third kappa shape index (κ3) is 5.70. The van der Waals surface area contributed by atoms with Crippen molar-refractivity contribution >= 4 is 17.6 Å². The Bertz CT molecular complexity index is 1210. The molecule has 5 fully saturated rings. The minimum atomic E-state index is -0.657. The lowest BCUT2D eigenvalue weighted by atomic mass is 9.88. The van der Waals surface area contributed by atoms with Crippen LogP contribution in [0.15, 0.2) is 18.2 Å². The second-order valence-corrected chi connectivity index (χ2v) is 13.8. The number of carbonyl (C=O) groups is 2. The van der Waals surface area contributed by atoms with Crippen molar-refractivity contribution in [2.45, 2.75) is 95.5 Å². The van der Waals surface area contributed by atoms with Gasteiger partial charge >= 0.3 is 6.09 Å². The summed E-state index contributed by atoms with van der Waals surface area (Å²) in [6.45, 7) is 10.1. The Hall–Kier alpha value is -2.70. The number of likely N-dealkylation sites (tertiary alicyclic amines) is 2. The number of benzene rings is 1. The number of ketones is 1. The highest BCUT2D eigenvalue weighted by Crippen LogP contribution is 2.44. The molecule has 0 aromatic heterocycles. The molecule has 0 radical (unpaired) electrons. The van der Waals surface area contributed by atoms with Crippen LogP contribution >= 0.6 is 0 Å². The summed E-state index contributed by atoms with van der Waals surface area (Å²) in [5.41, 5.74) is 0.698. The lowest BCUT2D eigenvalue weighted by Crippen LogP contribution is -2.51. The third-order valence-corrected chi connectivity index (χ3v) is 9.98. The molecule has 1 amide bonds. The Labute approximate surface area is 242 Å². The zero-order valence-corrected chi connectivity index (χ0v) is 24.6. The maximum atomic E-state index is 15.4. The molecular weight excluding hydrogens is 523 g/mol. The van der Waals surface area contributed by atoms with Gasteiger partial charge in [0.2, 0.25) is 0 Å². The van der Waals surface area contributed by atoms with E-state index in [0.717, 1.165) is 70.6 Å². The molecule has 1 aromatic carbocycles. The lowest BCUT2D eigenvalue weighted by Gasteiger charge is -2.35. The maximum Gasteiger partial charge on any atom is 0.411 e. The molecule has 0 spiro atoms. The predicted molar refractivity (Wildman–Crippen MR) is 152 cm³/mol. The monoisotopic (exact) mass is 566 g/mol. The summed E-state index contributed by atoms with van der Waals surface area (Å²) in [7, 11) is 0. The number of anilines is 1. The van der Waals surface area contributed by atoms with Gasteiger partial charge in [-0.1, -0.05) is 6.07 Å². The van der Waals surface area contributed by atoms with Gasteiger partial charge in [0.25, 0.3) is 0 Å². The summed E-state index contributed by atoms with van der Waals surface area (Å²) in [5, 5.41) is 9.92. The zero-order chi connectivity index (χ0) is 28.9. The van der Waals surface area contributed by atoms with Crippen LogP contribution in [0.4, 0.5) is 14.9 Å². The van der Waals surface area contributed by atoms with Gasteiger partial charge in [-0.05, 0) is 88.8 Å². The van der Waals surface area contributed by atoms with Gasteiger partial charge < -0.3 is 14.4 Å². The molecule has 41 heavy (non-hydrogen) atoms. The first-order valence-corrected chi connectivity index (χ1v) is 15.4. The van der Waals surface area contributed by atoms with Gasteiger partial charge in [0.1, 0.15) is 11.4 Å². The van der Waals surface area contributed by atoms with Crippen molar-refractivity contribution in [2.24, 2.45) is 17.8 Å². The second kappa shape index (κ2) is 11.2. The van der Waals surface area contributed by atoms with Gasteiger partial charge in [0, 0.05) is 56.5 Å². The van der Waals surface area contributed by atoms with Crippen LogP contribution in [0.3, 0.4) is 0 Å². The molecule has 4 saturated heterocycles. The molecule has 1 aliphatic carbocycles. The fraction of sp³-hybridized carbons (Fsp3) is 0.719. The quantitative estimate of drug-likeness (QED) is 0.479. The van der Waals surface area contributed by atoms with Crippen molar-refractivity contribution in [3.05, 3.63) is 29.6 Å². The number of nitrogens with zero attached hydrogens (tertiary/aromatic N) is 4. The Kier molecular flexibility index (Phi) is 7.75. The van der Waals surface area contributed by atoms with Crippen LogP contribution in [0.25, 0.3) is 0 Å². The standard InChI is InChI=1S/C32H43FN4O4/c1-32(2,3)41-31(39)37-25-7-5-22(14-25)30(37)29(38)13-20(16-34)12-21-4-6-24(15-27(21)33)36-10-8-23-17-35(18-28(23)36)26-9-11-40-19-26/h4,6,15,20,22-23,25-26,28,30H,5,7-14,17-19H2,1-3H3/t20-,22+,23?,25-,26?,28?,30+/m1/s1. The van der Waals surface area contributed by atoms with Crippen molar-refractivity contribution in [3.8, 4) is 6.07 Å². The van der Waals surface area contributed by atoms with E-state index in [1.807, 2.05) is 26.8 Å². The molecule has 2 bridgehead atoms. The summed E-state index contributed by atoms with van der Waals surface area (Å²) in [5.74, 6) is -0.400. The molecule has 222 valence electrons. The molecule has 7 atom stereocenters. The van der Waals surface area contributed by atoms with Crippen molar-refractivity contribution in [1.82, 2.24) is 9.80 Å². The molecule has 6 rings (SSSR count). The Morgan fingerprint density at radius 1 is 1.15 bits per heavy atom. The molecule has 1 saturated carbocycles. The van der Waals surface area contributed by atoms with Gasteiger partial charge in [0.15, 0.2) is 5.78 Å². The number of Topliss-reactive ketones (excluding diaryl/α,β-unsaturated/α-hetero) is 1. The highest BCUT2D eigenvalue weighted by atomic mass is 19.1. The van der Waals surface area contributed by atoms with E-state index >= 15 is 4.39 Å². The first kappa shape index (κ1) is 28.4. The highest BCUT2D eigenvalue weighted by Gasteiger charge is 2.52. The van der Waals surface area contributed by atoms with Crippen molar-refractivity contribution in [1.29, 1.82) is 5.26 Å². The van der Waals surface area contributed by atoms with Gasteiger partial charge in [-0.3, -0.25) is 14.6 Å². The van der Waals surface area contributed by atoms with E-state index in [-0.39, 0.29) is 36.4 Å². The van der Waals surface area contributed by atoms with E-state index in [1.165, 1.54) is 0 Å². The number of rotatable bonds is 7. The normalized spacial score (nSPS) is 31.9. The zero-order valence-electron chi connectivity index (χ0n) is 24.6. The number of halogens is 1. The smallest absolute Gasteiger partial charge is 0.411 e. The van der Waals surface area contributed by atoms with E-state index in [1.54, 1.807) is 17.0 Å². The number of amides is 1. The van der Waals surface area contributed by atoms with Crippen LogP contribution in [-0.2, 0) is 20.7 Å². The Morgan fingerprint density at radius 2 is 1.98 bits per heavy atom. The van der Waals surface area contributed by atoms with Crippen LogP contribution < -0.4 is 4.90 Å². The minimum Gasteiger partial charge on any atom is -0.444 e. The lowest BCUT2D eigenvalue weighted by molar-refractivity contribution is -0.126. The first-order valence-electron chi connectivity index (χ1n) is 15.4. The largest absolute Gasteiger partial charge is 0.444 e. The maximum absolute atomic E-state index is 15.4. The molecule has 8 nitrogen and oxygen atoms in total.